The van der Waals surface area contributed by atoms with Crippen LogP contribution in [0.1, 0.15) is 79.1 Å². The average molecular weight is 443 g/mol. The summed E-state index contributed by atoms with van der Waals surface area (Å²) in [6.07, 6.45) is 10.4. The molecule has 4 rings (SSSR count). The van der Waals surface area contributed by atoms with Gasteiger partial charge in [-0.3, -0.25) is 14.4 Å². The maximum Gasteiger partial charge on any atom is 0.306 e. The quantitative estimate of drug-likeness (QED) is 0.561. The minimum absolute atomic E-state index is 0.0750. The van der Waals surface area contributed by atoms with Crippen LogP contribution in [-0.2, 0) is 19.1 Å². The van der Waals surface area contributed by atoms with Crippen molar-refractivity contribution in [2.75, 3.05) is 6.61 Å². The third-order valence-corrected chi connectivity index (χ3v) is 9.44. The van der Waals surface area contributed by atoms with E-state index >= 15 is 0 Å². The molecule has 5 heteroatoms. The molecular formula is C27H38O5. The van der Waals surface area contributed by atoms with E-state index in [0.29, 0.717) is 24.2 Å². The lowest BCUT2D eigenvalue weighted by Gasteiger charge is -2.56. The zero-order valence-corrected chi connectivity index (χ0v) is 20.0. The van der Waals surface area contributed by atoms with Gasteiger partial charge in [0.05, 0.1) is 0 Å². The summed E-state index contributed by atoms with van der Waals surface area (Å²) in [4.78, 5) is 37.2. The van der Waals surface area contributed by atoms with Gasteiger partial charge in [0.2, 0.25) is 5.78 Å². The molecule has 0 bridgehead atoms. The minimum Gasteiger partial charge on any atom is -0.504 e. The number of unbranched alkanes of at least 4 members (excludes halogenated alkanes) is 1. The summed E-state index contributed by atoms with van der Waals surface area (Å²) in [5.74, 6) is 0.898. The molecule has 4 aliphatic rings. The topological polar surface area (TPSA) is 80.7 Å². The molecule has 7 atom stereocenters. The monoisotopic (exact) mass is 442 g/mol. The van der Waals surface area contributed by atoms with Crippen molar-refractivity contribution in [2.45, 2.75) is 79.1 Å². The molecule has 5 nitrogen and oxygen atoms in total. The lowest BCUT2D eigenvalue weighted by molar-refractivity contribution is -0.151. The first-order valence-electron chi connectivity index (χ1n) is 12.5. The van der Waals surface area contributed by atoms with Gasteiger partial charge in [-0.1, -0.05) is 39.7 Å². The fourth-order valence-corrected chi connectivity index (χ4v) is 7.96. The maximum absolute atomic E-state index is 13.3. The lowest BCUT2D eigenvalue weighted by Crippen LogP contribution is -2.51. The molecule has 0 aromatic carbocycles. The standard InChI is InChI=1S/C27H38O5/c1-5-6-7-24(31)32-15-23(30)25-16(2)12-20-18-9-8-17-13-21(28)22(29)14-27(17,4)19(18)10-11-26(20,25)3/h13-14,16,18-20,25,29H,5-12,15H2,1-4H3/t16-,18-,19+,20+,25-,26+,27+/m1/s1. The summed E-state index contributed by atoms with van der Waals surface area (Å²) >= 11 is 0. The number of fused-ring (bicyclic) bond motifs is 5. The molecule has 3 fully saturated rings. The third-order valence-electron chi connectivity index (χ3n) is 9.44. The van der Waals surface area contributed by atoms with Gasteiger partial charge in [0, 0.05) is 17.8 Å². The summed E-state index contributed by atoms with van der Waals surface area (Å²) < 4.78 is 5.34. The Kier molecular flexibility index (Phi) is 6.15. The largest absolute Gasteiger partial charge is 0.504 e. The molecule has 0 aliphatic heterocycles. The van der Waals surface area contributed by atoms with E-state index in [4.69, 9.17) is 4.74 Å². The number of ether oxygens (including phenoxy) is 1. The Bertz CT molecular complexity index is 869. The van der Waals surface area contributed by atoms with Crippen LogP contribution in [0.5, 0.6) is 0 Å². The second-order valence-corrected chi connectivity index (χ2v) is 11.2. The van der Waals surface area contributed by atoms with Gasteiger partial charge in [-0.25, -0.2) is 0 Å². The van der Waals surface area contributed by atoms with Crippen LogP contribution in [0.2, 0.25) is 0 Å². The molecule has 0 aromatic heterocycles. The van der Waals surface area contributed by atoms with Crippen molar-refractivity contribution in [2.24, 2.45) is 40.4 Å². The number of esters is 1. The Morgan fingerprint density at radius 1 is 1.22 bits per heavy atom. The van der Waals surface area contributed by atoms with Crippen LogP contribution >= 0.6 is 0 Å². The number of aliphatic hydroxyl groups excluding tert-OH is 1. The van der Waals surface area contributed by atoms with E-state index < -0.39 is 0 Å². The van der Waals surface area contributed by atoms with E-state index in [1.807, 2.05) is 6.92 Å². The van der Waals surface area contributed by atoms with Gasteiger partial charge in [-0.15, -0.1) is 0 Å². The molecule has 0 radical (unpaired) electrons. The summed E-state index contributed by atoms with van der Waals surface area (Å²) in [5.41, 5.74) is 0.798. The molecule has 0 heterocycles. The van der Waals surface area contributed by atoms with Crippen molar-refractivity contribution in [3.63, 3.8) is 0 Å². The number of hydrogen-bond acceptors (Lipinski definition) is 5. The first-order chi connectivity index (χ1) is 15.1. The van der Waals surface area contributed by atoms with E-state index in [1.54, 1.807) is 12.2 Å². The van der Waals surface area contributed by atoms with Gasteiger partial charge >= 0.3 is 5.97 Å². The van der Waals surface area contributed by atoms with Crippen LogP contribution in [0.3, 0.4) is 0 Å². The van der Waals surface area contributed by atoms with Gasteiger partial charge in [-0.05, 0) is 79.8 Å². The van der Waals surface area contributed by atoms with Gasteiger partial charge < -0.3 is 9.84 Å². The molecule has 0 saturated heterocycles. The second kappa shape index (κ2) is 8.46. The Hall–Kier alpha value is -1.91. The number of allylic oxidation sites excluding steroid dienone is 3. The molecule has 32 heavy (non-hydrogen) atoms. The van der Waals surface area contributed by atoms with E-state index in [9.17, 15) is 19.5 Å². The van der Waals surface area contributed by atoms with Gasteiger partial charge in [0.1, 0.15) is 6.61 Å². The zero-order valence-electron chi connectivity index (χ0n) is 20.0. The van der Waals surface area contributed by atoms with Crippen LogP contribution in [0, 0.1) is 40.4 Å². The van der Waals surface area contributed by atoms with Crippen molar-refractivity contribution >= 4 is 17.5 Å². The van der Waals surface area contributed by atoms with Crippen molar-refractivity contribution in [1.29, 1.82) is 0 Å². The highest BCUT2D eigenvalue weighted by Gasteiger charge is 2.61. The summed E-state index contributed by atoms with van der Waals surface area (Å²) in [6, 6.07) is 0. The van der Waals surface area contributed by atoms with Crippen molar-refractivity contribution in [1.82, 2.24) is 0 Å². The first kappa shape index (κ1) is 23.3. The van der Waals surface area contributed by atoms with Crippen molar-refractivity contribution in [3.8, 4) is 0 Å². The molecule has 0 unspecified atom stereocenters. The van der Waals surface area contributed by atoms with E-state index in [-0.39, 0.29) is 52.6 Å². The number of carbonyl (C=O) groups is 3. The molecule has 4 aliphatic carbocycles. The van der Waals surface area contributed by atoms with Crippen LogP contribution in [0.25, 0.3) is 0 Å². The smallest absolute Gasteiger partial charge is 0.306 e. The van der Waals surface area contributed by atoms with Crippen LogP contribution in [0.15, 0.2) is 23.5 Å². The fraction of sp³-hybridized carbons (Fsp3) is 0.741. The number of ketones is 2. The Morgan fingerprint density at radius 3 is 2.69 bits per heavy atom. The number of Topliss-reactive ketones (excluding diaryl/α,β-unsaturated/α-hetero) is 1. The first-order valence-corrected chi connectivity index (χ1v) is 12.5. The summed E-state index contributed by atoms with van der Waals surface area (Å²) in [6.45, 7) is 8.57. The number of aliphatic hydroxyl groups is 1. The highest BCUT2D eigenvalue weighted by molar-refractivity contribution is 6.04. The van der Waals surface area contributed by atoms with Gasteiger partial charge in [-0.2, -0.15) is 0 Å². The Labute approximate surface area is 191 Å². The summed E-state index contributed by atoms with van der Waals surface area (Å²) in [7, 11) is 0. The number of hydrogen-bond donors (Lipinski definition) is 1. The number of carbonyl (C=O) groups excluding carboxylic acids is 3. The molecular weight excluding hydrogens is 404 g/mol. The average Bonchev–Trinajstić information content (AvgIpc) is 3.01. The van der Waals surface area contributed by atoms with E-state index in [0.717, 1.165) is 50.5 Å². The predicted octanol–water partition coefficient (Wildman–Crippen LogP) is 5.34. The van der Waals surface area contributed by atoms with Crippen LogP contribution < -0.4 is 0 Å². The fourth-order valence-electron chi connectivity index (χ4n) is 7.96. The maximum atomic E-state index is 13.3. The predicted molar refractivity (Wildman–Crippen MR) is 122 cm³/mol. The number of rotatable bonds is 6. The molecule has 0 spiro atoms. The SMILES string of the molecule is CCCCC(=O)OCC(=O)[C@H]1[C@H](C)C[C@H]2[C@@H]3CCC4=CC(=O)C(O)=C[C@]4(C)[C@H]3CC[C@@]21C. The zero-order chi connectivity index (χ0) is 23.3. The van der Waals surface area contributed by atoms with Crippen LogP contribution in [-0.4, -0.2) is 29.2 Å². The highest BCUT2D eigenvalue weighted by Crippen LogP contribution is 2.67. The summed E-state index contributed by atoms with van der Waals surface area (Å²) in [5, 5.41) is 10.2. The Morgan fingerprint density at radius 2 is 1.97 bits per heavy atom. The van der Waals surface area contributed by atoms with Gasteiger partial charge in [0.15, 0.2) is 11.5 Å². The normalized spacial score (nSPS) is 40.5. The lowest BCUT2D eigenvalue weighted by atomic mass is 9.47. The molecule has 0 aromatic rings. The van der Waals surface area contributed by atoms with E-state index in [2.05, 4.69) is 20.8 Å². The molecule has 176 valence electrons. The molecule has 0 amide bonds. The molecule has 1 N–H and O–H groups in total. The Balaban J connectivity index is 1.52. The van der Waals surface area contributed by atoms with Crippen molar-refractivity contribution < 1.29 is 24.2 Å². The van der Waals surface area contributed by atoms with Gasteiger partial charge in [0.25, 0.3) is 0 Å². The second-order valence-electron chi connectivity index (χ2n) is 11.2. The highest BCUT2D eigenvalue weighted by atomic mass is 16.5. The third kappa shape index (κ3) is 3.66. The van der Waals surface area contributed by atoms with Crippen LogP contribution in [0.4, 0.5) is 0 Å². The van der Waals surface area contributed by atoms with Crippen molar-refractivity contribution in [3.05, 3.63) is 23.5 Å². The molecule has 3 saturated carbocycles. The minimum atomic E-state index is -0.275. The van der Waals surface area contributed by atoms with E-state index in [1.165, 1.54) is 0 Å².